The minimum atomic E-state index is -0.261. The van der Waals surface area contributed by atoms with E-state index in [4.69, 9.17) is 16.7 Å². The summed E-state index contributed by atoms with van der Waals surface area (Å²) >= 11 is 6.19. The predicted octanol–water partition coefficient (Wildman–Crippen LogP) is 3.40. The first-order valence-corrected chi connectivity index (χ1v) is 7.31. The van der Waals surface area contributed by atoms with Crippen LogP contribution in [-0.2, 0) is 6.54 Å². The average molecular weight is 309 g/mol. The van der Waals surface area contributed by atoms with E-state index in [9.17, 15) is 4.39 Å². The molecule has 0 unspecified atom stereocenters. The molecular weight excluding hydrogens is 291 g/mol. The van der Waals surface area contributed by atoms with Gasteiger partial charge in [0.2, 0.25) is 0 Å². The lowest BCUT2D eigenvalue weighted by Gasteiger charge is -2.12. The summed E-state index contributed by atoms with van der Waals surface area (Å²) in [6.07, 6.45) is 3.33. The van der Waals surface area contributed by atoms with Crippen molar-refractivity contribution < 1.29 is 9.50 Å². The van der Waals surface area contributed by atoms with E-state index in [0.717, 1.165) is 36.1 Å². The van der Waals surface area contributed by atoms with E-state index in [1.54, 1.807) is 18.3 Å². The predicted molar refractivity (Wildman–Crippen MR) is 82.7 cm³/mol. The van der Waals surface area contributed by atoms with E-state index in [0.29, 0.717) is 11.7 Å². The number of aromatic nitrogens is 1. The molecule has 0 saturated carbocycles. The topological polar surface area (TPSA) is 45.1 Å². The number of rotatable bonds is 7. The van der Waals surface area contributed by atoms with Crippen molar-refractivity contribution in [1.82, 2.24) is 10.3 Å². The molecule has 112 valence electrons. The van der Waals surface area contributed by atoms with Gasteiger partial charge in [-0.25, -0.2) is 9.37 Å². The Morgan fingerprint density at radius 3 is 2.62 bits per heavy atom. The van der Waals surface area contributed by atoms with Crippen molar-refractivity contribution in [3.05, 3.63) is 53.1 Å². The third-order valence-electron chi connectivity index (χ3n) is 3.22. The second kappa shape index (κ2) is 8.08. The fraction of sp³-hybridized carbons (Fsp3) is 0.312. The van der Waals surface area contributed by atoms with Gasteiger partial charge >= 0.3 is 0 Å². The molecule has 0 aliphatic heterocycles. The number of aliphatic hydroxyl groups is 1. The zero-order chi connectivity index (χ0) is 15.1. The van der Waals surface area contributed by atoms with Gasteiger partial charge in [-0.2, -0.15) is 0 Å². The highest BCUT2D eigenvalue weighted by atomic mass is 35.5. The van der Waals surface area contributed by atoms with Crippen LogP contribution in [0, 0.1) is 5.82 Å². The molecule has 0 fully saturated rings. The van der Waals surface area contributed by atoms with E-state index in [-0.39, 0.29) is 12.4 Å². The molecule has 0 spiro atoms. The third-order valence-corrected chi connectivity index (χ3v) is 3.55. The maximum Gasteiger partial charge on any atom is 0.134 e. The third kappa shape index (κ3) is 4.49. The van der Waals surface area contributed by atoms with Crippen molar-refractivity contribution in [3.63, 3.8) is 0 Å². The summed E-state index contributed by atoms with van der Waals surface area (Å²) in [6.45, 7) is 1.59. The van der Waals surface area contributed by atoms with Crippen LogP contribution in [0.2, 0.25) is 5.15 Å². The largest absolute Gasteiger partial charge is 0.396 e. The van der Waals surface area contributed by atoms with Crippen LogP contribution in [0.4, 0.5) is 4.39 Å². The van der Waals surface area contributed by atoms with E-state index in [1.165, 1.54) is 12.1 Å². The monoisotopic (exact) mass is 308 g/mol. The van der Waals surface area contributed by atoms with Crippen LogP contribution in [0.1, 0.15) is 18.4 Å². The quantitative estimate of drug-likeness (QED) is 0.608. The van der Waals surface area contributed by atoms with Crippen LogP contribution in [0.15, 0.2) is 36.5 Å². The SMILES string of the molecule is OCCCCNCc1c(-c2ccc(F)cc2)ccnc1Cl. The van der Waals surface area contributed by atoms with E-state index < -0.39 is 0 Å². The van der Waals surface area contributed by atoms with Crippen molar-refractivity contribution in [2.75, 3.05) is 13.2 Å². The number of nitrogens with one attached hydrogen (secondary N) is 1. The first-order chi connectivity index (χ1) is 10.2. The molecule has 2 rings (SSSR count). The Bertz CT molecular complexity index is 575. The Balaban J connectivity index is 2.14. The van der Waals surface area contributed by atoms with Gasteiger partial charge in [-0.3, -0.25) is 0 Å². The summed E-state index contributed by atoms with van der Waals surface area (Å²) in [5, 5.41) is 12.5. The molecule has 1 heterocycles. The van der Waals surface area contributed by atoms with Gasteiger partial charge in [0.1, 0.15) is 11.0 Å². The first-order valence-electron chi connectivity index (χ1n) is 6.93. The summed E-state index contributed by atoms with van der Waals surface area (Å²) in [5.74, 6) is -0.261. The molecule has 1 aromatic heterocycles. The molecule has 21 heavy (non-hydrogen) atoms. The molecule has 3 nitrogen and oxygen atoms in total. The normalized spacial score (nSPS) is 10.8. The molecule has 0 saturated heterocycles. The van der Waals surface area contributed by atoms with Gasteiger partial charge in [-0.1, -0.05) is 23.7 Å². The molecule has 0 aliphatic rings. The zero-order valence-electron chi connectivity index (χ0n) is 11.6. The number of nitrogens with zero attached hydrogens (tertiary/aromatic N) is 1. The Labute approximate surface area is 128 Å². The highest BCUT2D eigenvalue weighted by Crippen LogP contribution is 2.27. The Morgan fingerprint density at radius 1 is 1.14 bits per heavy atom. The van der Waals surface area contributed by atoms with Crippen LogP contribution >= 0.6 is 11.6 Å². The maximum atomic E-state index is 13.0. The lowest BCUT2D eigenvalue weighted by molar-refractivity contribution is 0.283. The van der Waals surface area contributed by atoms with Crippen LogP contribution in [-0.4, -0.2) is 23.2 Å². The fourth-order valence-electron chi connectivity index (χ4n) is 2.11. The standard InChI is InChI=1S/C16H18ClFN2O/c17-16-15(11-19-8-1-2-10-21)14(7-9-20-16)12-3-5-13(18)6-4-12/h3-7,9,19,21H,1-2,8,10-11H2. The first kappa shape index (κ1) is 15.9. The molecule has 0 aliphatic carbocycles. The highest BCUT2D eigenvalue weighted by Gasteiger charge is 2.10. The zero-order valence-corrected chi connectivity index (χ0v) is 12.4. The number of hydrogen-bond donors (Lipinski definition) is 2. The summed E-state index contributed by atoms with van der Waals surface area (Å²) in [5.41, 5.74) is 2.76. The number of benzene rings is 1. The van der Waals surface area contributed by atoms with Crippen LogP contribution < -0.4 is 5.32 Å². The molecule has 0 amide bonds. The minimum Gasteiger partial charge on any atom is -0.396 e. The number of pyridine rings is 1. The second-order valence-corrected chi connectivity index (χ2v) is 5.10. The van der Waals surface area contributed by atoms with Gasteiger partial charge in [0.05, 0.1) is 0 Å². The van der Waals surface area contributed by atoms with Crippen molar-refractivity contribution in [1.29, 1.82) is 0 Å². The Hall–Kier alpha value is -1.49. The van der Waals surface area contributed by atoms with Crippen molar-refractivity contribution in [2.45, 2.75) is 19.4 Å². The van der Waals surface area contributed by atoms with E-state index >= 15 is 0 Å². The summed E-state index contributed by atoms with van der Waals surface area (Å²) in [6, 6.07) is 8.21. The Kier molecular flexibility index (Phi) is 6.11. The van der Waals surface area contributed by atoms with Gasteiger partial charge in [-0.05, 0) is 48.7 Å². The second-order valence-electron chi connectivity index (χ2n) is 4.74. The van der Waals surface area contributed by atoms with Crippen LogP contribution in [0.5, 0.6) is 0 Å². The van der Waals surface area contributed by atoms with Crippen LogP contribution in [0.25, 0.3) is 11.1 Å². The maximum absolute atomic E-state index is 13.0. The molecule has 0 bridgehead atoms. The molecule has 2 aromatic rings. The minimum absolute atomic E-state index is 0.205. The highest BCUT2D eigenvalue weighted by molar-refractivity contribution is 6.30. The number of hydrogen-bond acceptors (Lipinski definition) is 3. The Morgan fingerprint density at radius 2 is 1.90 bits per heavy atom. The van der Waals surface area contributed by atoms with Crippen LogP contribution in [0.3, 0.4) is 0 Å². The lowest BCUT2D eigenvalue weighted by Crippen LogP contribution is -2.16. The molecule has 2 N–H and O–H groups in total. The van der Waals surface area contributed by atoms with Gasteiger partial charge in [0.25, 0.3) is 0 Å². The number of halogens is 2. The molecule has 0 radical (unpaired) electrons. The van der Waals surface area contributed by atoms with Crippen molar-refractivity contribution in [3.8, 4) is 11.1 Å². The lowest BCUT2D eigenvalue weighted by atomic mass is 10.0. The van der Waals surface area contributed by atoms with E-state index in [1.807, 2.05) is 6.07 Å². The van der Waals surface area contributed by atoms with Gasteiger partial charge in [0.15, 0.2) is 0 Å². The summed E-state index contributed by atoms with van der Waals surface area (Å²) in [4.78, 5) is 4.11. The fourth-order valence-corrected chi connectivity index (χ4v) is 2.34. The van der Waals surface area contributed by atoms with Crippen molar-refractivity contribution in [2.24, 2.45) is 0 Å². The molecule has 0 atom stereocenters. The van der Waals surface area contributed by atoms with E-state index in [2.05, 4.69) is 10.3 Å². The smallest absolute Gasteiger partial charge is 0.134 e. The molecular formula is C16H18ClFN2O. The summed E-state index contributed by atoms with van der Waals surface area (Å²) < 4.78 is 13.0. The van der Waals surface area contributed by atoms with Gasteiger partial charge in [0, 0.05) is 24.9 Å². The van der Waals surface area contributed by atoms with Gasteiger partial charge < -0.3 is 10.4 Å². The average Bonchev–Trinajstić information content (AvgIpc) is 2.49. The van der Waals surface area contributed by atoms with Gasteiger partial charge in [-0.15, -0.1) is 0 Å². The number of unbranched alkanes of at least 4 members (excludes halogenated alkanes) is 1. The number of aliphatic hydroxyl groups excluding tert-OH is 1. The molecule has 5 heteroatoms. The van der Waals surface area contributed by atoms with Crippen molar-refractivity contribution >= 4 is 11.6 Å². The molecule has 1 aromatic carbocycles. The summed E-state index contributed by atoms with van der Waals surface area (Å²) in [7, 11) is 0.